The van der Waals surface area contributed by atoms with Crippen LogP contribution in [0.1, 0.15) is 62.5 Å². The molecule has 0 heterocycles. The van der Waals surface area contributed by atoms with Crippen molar-refractivity contribution in [3.05, 3.63) is 117 Å². The molecule has 0 saturated carbocycles. The van der Waals surface area contributed by atoms with Gasteiger partial charge < -0.3 is 40.9 Å². The fourth-order valence-electron chi connectivity index (χ4n) is 9.24. The van der Waals surface area contributed by atoms with Crippen molar-refractivity contribution in [2.24, 2.45) is 35.5 Å². The van der Waals surface area contributed by atoms with E-state index in [9.17, 15) is 45.6 Å². The van der Waals surface area contributed by atoms with Crippen LogP contribution in [-0.2, 0) is 9.59 Å². The third-order valence-corrected chi connectivity index (χ3v) is 11.5. The lowest BCUT2D eigenvalue weighted by Gasteiger charge is -2.44. The van der Waals surface area contributed by atoms with Crippen molar-refractivity contribution in [2.75, 3.05) is 0 Å². The van der Waals surface area contributed by atoms with Gasteiger partial charge in [0.1, 0.15) is 51.8 Å². The maximum absolute atomic E-state index is 15.0. The number of aliphatic hydroxyl groups is 4. The number of rotatable bonds is 2. The van der Waals surface area contributed by atoms with Gasteiger partial charge in [0.05, 0.1) is 5.92 Å². The van der Waals surface area contributed by atoms with Gasteiger partial charge in [-0.2, -0.15) is 0 Å². The zero-order valence-electron chi connectivity index (χ0n) is 27.6. The second-order valence-corrected chi connectivity index (χ2v) is 14.5. The summed E-state index contributed by atoms with van der Waals surface area (Å²) in [7, 11) is 0. The Bertz CT molecular complexity index is 2010. The van der Waals surface area contributed by atoms with Crippen LogP contribution in [0.4, 0.5) is 0 Å². The van der Waals surface area contributed by atoms with E-state index >= 15 is 4.79 Å². The molecular formula is C40H40O10. The lowest BCUT2D eigenvalue weighted by Crippen LogP contribution is -2.44. The lowest BCUT2D eigenvalue weighted by molar-refractivity contribution is -0.131. The van der Waals surface area contributed by atoms with Crippen LogP contribution in [0.3, 0.4) is 0 Å². The van der Waals surface area contributed by atoms with Gasteiger partial charge >= 0.3 is 0 Å². The SMILES string of the molecule is CC1=C[C@H]2C3C/C(=C(/O)[C@@H]4[C@H](C=C(C)C[C@H]4c4ccc(O)cc4O)C4=C(O)C=C(O)C(C4)C(=O)[C@@H]2[C@H](c2ccc(O)cc2O)C1)C(O)=CC3=O. The number of ketones is 2. The normalized spacial score (nSPS) is 32.8. The highest BCUT2D eigenvalue weighted by Gasteiger charge is 2.51. The number of phenols is 4. The van der Waals surface area contributed by atoms with Crippen LogP contribution in [0, 0.1) is 35.5 Å². The number of phenolic OH excluding ortho intramolecular Hbond substituents is 4. The maximum Gasteiger partial charge on any atom is 0.163 e. The Morgan fingerprint density at radius 3 is 1.82 bits per heavy atom. The zero-order valence-corrected chi connectivity index (χ0v) is 27.6. The van der Waals surface area contributed by atoms with Gasteiger partial charge in [-0.3, -0.25) is 9.59 Å². The van der Waals surface area contributed by atoms with E-state index in [2.05, 4.69) is 0 Å². The molecule has 5 aliphatic rings. The molecule has 10 nitrogen and oxygen atoms in total. The highest BCUT2D eigenvalue weighted by atomic mass is 16.3. The number of carbonyl (C=O) groups is 2. The first-order chi connectivity index (χ1) is 23.7. The van der Waals surface area contributed by atoms with Crippen LogP contribution >= 0.6 is 0 Å². The number of fused-ring (bicyclic) bond motifs is 8. The monoisotopic (exact) mass is 680 g/mol. The molecule has 0 fully saturated rings. The Kier molecular flexibility index (Phi) is 8.08. The molecule has 0 radical (unpaired) electrons. The van der Waals surface area contributed by atoms with Crippen molar-refractivity contribution in [2.45, 2.75) is 51.4 Å². The molecule has 5 aliphatic carbocycles. The molecule has 260 valence electrons. The standard InChI is InChI=1S/C40H40O10/c1-17-7-25(21-5-3-19(41)11-31(21)43)37-27(9-17)23-13-29(35(47)15-33(23)45)40(50)38-26(22-6-4-20(42)12-32(22)44)8-18(2)10-28(38)24-14-30(39(37)49)36(48)16-34(24)46/h3-6,9-12,15-16,23,25-28,30,37-38,41-44,46-48,50H,7-8,13-14H2,1-2H3/b40-29-/t23?,25-,26-,27-,28+,30?,37+,38-/m0/s1. The molecule has 8 atom stereocenters. The molecule has 50 heavy (non-hydrogen) atoms. The second-order valence-electron chi connectivity index (χ2n) is 14.5. The van der Waals surface area contributed by atoms with Crippen LogP contribution in [0.15, 0.2) is 106 Å². The third-order valence-electron chi connectivity index (χ3n) is 11.5. The topological polar surface area (TPSA) is 196 Å². The minimum atomic E-state index is -1.13. The highest BCUT2D eigenvalue weighted by molar-refractivity contribution is 5.96. The van der Waals surface area contributed by atoms with Gasteiger partial charge in [0, 0.05) is 65.4 Å². The van der Waals surface area contributed by atoms with E-state index in [0.29, 0.717) is 29.5 Å². The van der Waals surface area contributed by atoms with Crippen molar-refractivity contribution in [1.82, 2.24) is 0 Å². The second kappa shape index (κ2) is 12.2. The first kappa shape index (κ1) is 33.1. The summed E-state index contributed by atoms with van der Waals surface area (Å²) in [4.78, 5) is 28.8. The first-order valence-corrected chi connectivity index (χ1v) is 16.8. The number of benzene rings is 2. The first-order valence-electron chi connectivity index (χ1n) is 16.8. The quantitative estimate of drug-likeness (QED) is 0.150. The molecule has 2 aromatic rings. The average molecular weight is 681 g/mol. The van der Waals surface area contributed by atoms with Crippen LogP contribution in [0.5, 0.6) is 23.0 Å². The predicted molar refractivity (Wildman–Crippen MR) is 183 cm³/mol. The van der Waals surface area contributed by atoms with Crippen LogP contribution in [-0.4, -0.2) is 52.4 Å². The minimum Gasteiger partial charge on any atom is -0.512 e. The van der Waals surface area contributed by atoms with Crippen molar-refractivity contribution >= 4 is 11.6 Å². The fourth-order valence-corrected chi connectivity index (χ4v) is 9.24. The Labute approximate surface area is 288 Å². The fraction of sp³-hybridized carbons (Fsp3) is 0.350. The third kappa shape index (κ3) is 5.43. The van der Waals surface area contributed by atoms with Crippen LogP contribution in [0.25, 0.3) is 0 Å². The molecule has 0 saturated heterocycles. The molecular weight excluding hydrogens is 640 g/mol. The van der Waals surface area contributed by atoms with Crippen LogP contribution < -0.4 is 0 Å². The van der Waals surface area contributed by atoms with E-state index in [1.807, 2.05) is 26.0 Å². The number of allylic oxidation sites excluding steroid dienone is 10. The van der Waals surface area contributed by atoms with Gasteiger partial charge in [0.15, 0.2) is 5.78 Å². The Morgan fingerprint density at radius 1 is 0.640 bits per heavy atom. The minimum absolute atomic E-state index is 0.110. The summed E-state index contributed by atoms with van der Waals surface area (Å²) in [6.07, 6.45) is 6.42. The molecule has 0 amide bonds. The molecule has 2 unspecified atom stereocenters. The molecule has 10 heteroatoms. The molecule has 0 spiro atoms. The average Bonchev–Trinajstić information content (AvgIpc) is 3.03. The summed E-state index contributed by atoms with van der Waals surface area (Å²) >= 11 is 0. The zero-order chi connectivity index (χ0) is 35.8. The summed E-state index contributed by atoms with van der Waals surface area (Å²) in [6.45, 7) is 3.74. The molecule has 4 bridgehead atoms. The maximum atomic E-state index is 15.0. The largest absolute Gasteiger partial charge is 0.512 e. The number of aliphatic hydroxyl groups excluding tert-OH is 4. The Morgan fingerprint density at radius 2 is 1.22 bits per heavy atom. The number of aromatic hydroxyl groups is 4. The molecule has 2 aromatic carbocycles. The van der Waals surface area contributed by atoms with Gasteiger partial charge in [-0.25, -0.2) is 0 Å². The van der Waals surface area contributed by atoms with Gasteiger partial charge in [-0.05, 0) is 74.3 Å². The number of Topliss-reactive ketones (excluding diaryl/α,β-unsaturated/α-hetero) is 1. The van der Waals surface area contributed by atoms with Gasteiger partial charge in [0.2, 0.25) is 0 Å². The number of hydrogen-bond donors (Lipinski definition) is 8. The lowest BCUT2D eigenvalue weighted by atomic mass is 9.58. The summed E-state index contributed by atoms with van der Waals surface area (Å²) in [5.41, 5.74) is 3.01. The van der Waals surface area contributed by atoms with E-state index in [1.165, 1.54) is 24.3 Å². The van der Waals surface area contributed by atoms with E-state index in [0.717, 1.165) is 23.3 Å². The van der Waals surface area contributed by atoms with Crippen molar-refractivity contribution in [3.63, 3.8) is 0 Å². The smallest absolute Gasteiger partial charge is 0.163 e. The Hall–Kier alpha value is -5.38. The number of carbonyl (C=O) groups excluding carboxylic acids is 2. The van der Waals surface area contributed by atoms with Crippen molar-refractivity contribution in [1.29, 1.82) is 0 Å². The summed E-state index contributed by atoms with van der Waals surface area (Å²) in [5.74, 6) is -9.53. The molecule has 8 N–H and O–H groups in total. The summed E-state index contributed by atoms with van der Waals surface area (Å²) in [5, 5.41) is 88.5. The Balaban J connectivity index is 1.48. The van der Waals surface area contributed by atoms with E-state index in [4.69, 9.17) is 0 Å². The van der Waals surface area contributed by atoms with E-state index in [-0.39, 0.29) is 58.7 Å². The van der Waals surface area contributed by atoms with E-state index < -0.39 is 64.7 Å². The van der Waals surface area contributed by atoms with E-state index in [1.54, 1.807) is 12.1 Å². The summed E-state index contributed by atoms with van der Waals surface area (Å²) in [6, 6.07) is 8.36. The molecule has 0 aliphatic heterocycles. The number of hydrogen-bond acceptors (Lipinski definition) is 10. The van der Waals surface area contributed by atoms with Crippen LogP contribution in [0.2, 0.25) is 0 Å². The highest BCUT2D eigenvalue weighted by Crippen LogP contribution is 2.56. The van der Waals surface area contributed by atoms with Crippen molar-refractivity contribution < 1.29 is 50.4 Å². The van der Waals surface area contributed by atoms with Gasteiger partial charge in [-0.15, -0.1) is 0 Å². The summed E-state index contributed by atoms with van der Waals surface area (Å²) < 4.78 is 0. The predicted octanol–water partition coefficient (Wildman–Crippen LogP) is 7.24. The molecule has 0 aromatic heterocycles. The van der Waals surface area contributed by atoms with Gasteiger partial charge in [0.25, 0.3) is 0 Å². The van der Waals surface area contributed by atoms with Gasteiger partial charge in [-0.1, -0.05) is 35.4 Å². The molecule has 7 rings (SSSR count). The van der Waals surface area contributed by atoms with Crippen molar-refractivity contribution in [3.8, 4) is 23.0 Å².